The van der Waals surface area contributed by atoms with Crippen LogP contribution in [0.3, 0.4) is 0 Å². The van der Waals surface area contributed by atoms with Crippen molar-refractivity contribution >= 4 is 29.3 Å². The first-order valence-corrected chi connectivity index (χ1v) is 12.7. The van der Waals surface area contributed by atoms with E-state index in [4.69, 9.17) is 0 Å². The average Bonchev–Trinajstić information content (AvgIpc) is 2.89. The number of hydrazine groups is 1. The second-order valence-electron chi connectivity index (χ2n) is 9.27. The molecule has 10 heteroatoms. The van der Waals surface area contributed by atoms with Gasteiger partial charge in [-0.3, -0.25) is 9.59 Å². The summed E-state index contributed by atoms with van der Waals surface area (Å²) in [6, 6.07) is 14.1. The van der Waals surface area contributed by atoms with Crippen molar-refractivity contribution in [3.63, 3.8) is 0 Å². The third-order valence-corrected chi connectivity index (χ3v) is 8.39. The number of nitrogens with one attached hydrogen (secondary N) is 1. The number of aliphatic hydroxyl groups is 4. The molecule has 2 aliphatic heterocycles. The molecule has 2 amide bonds. The molecule has 1 fully saturated rings. The van der Waals surface area contributed by atoms with Crippen LogP contribution in [0, 0.1) is 0 Å². The Balaban J connectivity index is 1.65. The highest BCUT2D eigenvalue weighted by atomic mass is 32.2. The maximum absolute atomic E-state index is 14.0. The van der Waals surface area contributed by atoms with Gasteiger partial charge in [-0.1, -0.05) is 42.4 Å². The minimum absolute atomic E-state index is 0.371. The number of benzene rings is 2. The van der Waals surface area contributed by atoms with Crippen molar-refractivity contribution in [2.75, 3.05) is 11.9 Å². The molecule has 2 aromatic carbocycles. The van der Waals surface area contributed by atoms with Gasteiger partial charge in [0.05, 0.1) is 17.7 Å². The van der Waals surface area contributed by atoms with E-state index < -0.39 is 41.9 Å². The number of nitrogens with zero attached hydrogens (tertiary/aromatic N) is 2. The molecular formula is C25H29N3O6S. The highest BCUT2D eigenvalue weighted by Crippen LogP contribution is 2.46. The number of amides is 2. The van der Waals surface area contributed by atoms with Crippen LogP contribution < -0.4 is 5.32 Å². The lowest BCUT2D eigenvalue weighted by atomic mass is 9.85. The molecule has 2 heterocycles. The van der Waals surface area contributed by atoms with Gasteiger partial charge in [0.1, 0.15) is 29.3 Å². The van der Waals surface area contributed by atoms with Crippen LogP contribution >= 0.6 is 11.8 Å². The maximum atomic E-state index is 14.0. The van der Waals surface area contributed by atoms with Gasteiger partial charge in [0.15, 0.2) is 0 Å². The topological polar surface area (TPSA) is 134 Å². The Kier molecular flexibility index (Phi) is 6.49. The van der Waals surface area contributed by atoms with Crippen LogP contribution in [0.5, 0.6) is 0 Å². The summed E-state index contributed by atoms with van der Waals surface area (Å²) >= 11 is 1.14. The van der Waals surface area contributed by atoms with Gasteiger partial charge in [-0.25, -0.2) is 10.0 Å². The minimum Gasteiger partial charge on any atom is -0.394 e. The normalized spacial score (nSPS) is 23.8. The summed E-state index contributed by atoms with van der Waals surface area (Å²) in [6.07, 6.45) is -1.08. The highest BCUT2D eigenvalue weighted by molar-refractivity contribution is 8.00. The van der Waals surface area contributed by atoms with Gasteiger partial charge in [0, 0.05) is 10.6 Å². The van der Waals surface area contributed by atoms with Gasteiger partial charge in [-0.15, -0.1) is 0 Å². The van der Waals surface area contributed by atoms with Crippen LogP contribution in [0.15, 0.2) is 53.4 Å². The van der Waals surface area contributed by atoms with E-state index in [0.29, 0.717) is 34.6 Å². The second kappa shape index (κ2) is 9.44. The molecule has 5 N–H and O–H groups in total. The van der Waals surface area contributed by atoms with Gasteiger partial charge in [-0.2, -0.15) is 0 Å². The van der Waals surface area contributed by atoms with E-state index in [2.05, 4.69) is 5.32 Å². The summed E-state index contributed by atoms with van der Waals surface area (Å²) in [5.41, 5.74) is 0.603. The molecule has 0 aromatic heterocycles. The van der Waals surface area contributed by atoms with E-state index in [9.17, 15) is 30.0 Å². The van der Waals surface area contributed by atoms with Crippen LogP contribution in [-0.2, 0) is 0 Å². The van der Waals surface area contributed by atoms with Gasteiger partial charge in [0.25, 0.3) is 11.8 Å². The van der Waals surface area contributed by atoms with Crippen molar-refractivity contribution in [3.8, 4) is 0 Å². The first kappa shape index (κ1) is 24.1. The SMILES string of the molecule is O=C1c2ccccc2SC([C@@H](O)[C@H](O)[C@@H](O)CO)N1N1C(=O)c2ccccc2NC12CCCCC2. The Morgan fingerprint density at radius 2 is 1.60 bits per heavy atom. The lowest BCUT2D eigenvalue weighted by Crippen LogP contribution is -2.71. The van der Waals surface area contributed by atoms with Gasteiger partial charge < -0.3 is 25.7 Å². The van der Waals surface area contributed by atoms with Gasteiger partial charge in [0.2, 0.25) is 0 Å². The zero-order valence-corrected chi connectivity index (χ0v) is 19.9. The predicted octanol–water partition coefficient (Wildman–Crippen LogP) is 1.78. The van der Waals surface area contributed by atoms with Crippen molar-refractivity contribution < 1.29 is 30.0 Å². The number of hydrogen-bond donors (Lipinski definition) is 5. The molecular weight excluding hydrogens is 470 g/mol. The van der Waals surface area contributed by atoms with E-state index in [1.54, 1.807) is 36.4 Å². The van der Waals surface area contributed by atoms with Gasteiger partial charge in [-0.05, 0) is 49.9 Å². The molecule has 3 aliphatic rings. The van der Waals surface area contributed by atoms with Crippen molar-refractivity contribution in [2.45, 2.75) is 66.3 Å². The molecule has 186 valence electrons. The zero-order chi connectivity index (χ0) is 24.7. The van der Waals surface area contributed by atoms with Crippen LogP contribution in [0.1, 0.15) is 52.8 Å². The van der Waals surface area contributed by atoms with Crippen LogP contribution in [-0.4, -0.2) is 78.2 Å². The first-order valence-electron chi connectivity index (χ1n) is 11.8. The molecule has 2 aromatic rings. The largest absolute Gasteiger partial charge is 0.394 e. The Hall–Kier alpha value is -2.63. The molecule has 0 radical (unpaired) electrons. The lowest BCUT2D eigenvalue weighted by Gasteiger charge is -2.56. The average molecular weight is 500 g/mol. The standard InChI is InChI=1S/C25H29N3O6S/c29-14-18(30)20(31)21(32)24-27(22(33)16-9-3-5-11-19(16)35-24)28-23(34)15-8-2-4-10-17(15)26-25(28)12-6-1-7-13-25/h2-5,8-11,18,20-21,24,26,29-32H,1,6-7,12-14H2/t18-,20+,21-,24?/m0/s1. The van der Waals surface area contributed by atoms with E-state index >= 15 is 0 Å². The van der Waals surface area contributed by atoms with Crippen molar-refractivity contribution in [1.82, 2.24) is 10.0 Å². The summed E-state index contributed by atoms with van der Waals surface area (Å²) < 4.78 is 0. The Morgan fingerprint density at radius 1 is 0.943 bits per heavy atom. The van der Waals surface area contributed by atoms with E-state index in [0.717, 1.165) is 31.0 Å². The number of para-hydroxylation sites is 1. The summed E-state index contributed by atoms with van der Waals surface area (Å²) in [5, 5.41) is 46.2. The summed E-state index contributed by atoms with van der Waals surface area (Å²) in [4.78, 5) is 28.6. The van der Waals surface area contributed by atoms with E-state index in [-0.39, 0.29) is 5.91 Å². The molecule has 0 bridgehead atoms. The molecule has 1 spiro atoms. The lowest BCUT2D eigenvalue weighted by molar-refractivity contribution is -0.124. The Morgan fingerprint density at radius 3 is 2.31 bits per heavy atom. The fraction of sp³-hybridized carbons (Fsp3) is 0.440. The predicted molar refractivity (Wildman–Crippen MR) is 129 cm³/mol. The van der Waals surface area contributed by atoms with Crippen molar-refractivity contribution in [1.29, 1.82) is 0 Å². The number of aliphatic hydroxyl groups excluding tert-OH is 4. The number of thioether (sulfide) groups is 1. The summed E-state index contributed by atoms with van der Waals surface area (Å²) in [7, 11) is 0. The van der Waals surface area contributed by atoms with E-state index in [1.807, 2.05) is 12.1 Å². The highest BCUT2D eigenvalue weighted by Gasteiger charge is 2.54. The van der Waals surface area contributed by atoms with Crippen LogP contribution in [0.25, 0.3) is 0 Å². The molecule has 0 saturated heterocycles. The number of carbonyl (C=O) groups excluding carboxylic acids is 2. The Bertz CT molecular complexity index is 1120. The van der Waals surface area contributed by atoms with Crippen molar-refractivity contribution in [3.05, 3.63) is 59.7 Å². The van der Waals surface area contributed by atoms with Crippen molar-refractivity contribution in [2.24, 2.45) is 0 Å². The zero-order valence-electron chi connectivity index (χ0n) is 19.1. The molecule has 4 atom stereocenters. The fourth-order valence-corrected chi connectivity index (χ4v) is 6.55. The quantitative estimate of drug-likeness (QED) is 0.420. The summed E-state index contributed by atoms with van der Waals surface area (Å²) in [6.45, 7) is -0.762. The number of fused-ring (bicyclic) bond motifs is 2. The molecule has 35 heavy (non-hydrogen) atoms. The monoisotopic (exact) mass is 499 g/mol. The third kappa shape index (κ3) is 3.99. The molecule has 1 aliphatic carbocycles. The van der Waals surface area contributed by atoms with Gasteiger partial charge >= 0.3 is 0 Å². The Labute approximate surface area is 207 Å². The molecule has 1 saturated carbocycles. The summed E-state index contributed by atoms with van der Waals surface area (Å²) in [5.74, 6) is -0.849. The number of hydrogen-bond acceptors (Lipinski definition) is 8. The fourth-order valence-electron chi connectivity index (χ4n) is 5.26. The second-order valence-corrected chi connectivity index (χ2v) is 10.4. The maximum Gasteiger partial charge on any atom is 0.276 e. The molecule has 5 rings (SSSR count). The number of rotatable bonds is 5. The van der Waals surface area contributed by atoms with E-state index in [1.165, 1.54) is 10.0 Å². The smallest absolute Gasteiger partial charge is 0.276 e. The van der Waals surface area contributed by atoms with Crippen LogP contribution in [0.4, 0.5) is 5.69 Å². The molecule has 1 unspecified atom stereocenters. The number of carbonyl (C=O) groups is 2. The minimum atomic E-state index is -1.74. The first-order chi connectivity index (χ1) is 16.9. The molecule has 9 nitrogen and oxygen atoms in total. The third-order valence-electron chi connectivity index (χ3n) is 7.06. The number of anilines is 1. The van der Waals surface area contributed by atoms with Crippen LogP contribution in [0.2, 0.25) is 0 Å².